The number of rotatable bonds is 4. The van der Waals surface area contributed by atoms with Gasteiger partial charge in [-0.15, -0.1) is 0 Å². The Hall–Kier alpha value is -2.60. The number of anilines is 1. The van der Waals surface area contributed by atoms with E-state index in [2.05, 4.69) is 15.3 Å². The summed E-state index contributed by atoms with van der Waals surface area (Å²) in [4.78, 5) is 20.8. The highest BCUT2D eigenvalue weighted by Crippen LogP contribution is 2.18. The standard InChI is InChI=1S/C17H16N4OS/c1-12-4-3-5-15(19-12)20-16(22)13-6-8-14(9-7-13)21-11-10-18-17(21)23-2/h3-11H,1-2H3,(H,19,20,22). The zero-order valence-electron chi connectivity index (χ0n) is 12.9. The van der Waals surface area contributed by atoms with Gasteiger partial charge in [-0.2, -0.15) is 0 Å². The maximum Gasteiger partial charge on any atom is 0.256 e. The lowest BCUT2D eigenvalue weighted by Gasteiger charge is -2.08. The third kappa shape index (κ3) is 3.43. The van der Waals surface area contributed by atoms with Crippen LogP contribution in [0.2, 0.25) is 0 Å². The molecule has 0 aliphatic carbocycles. The van der Waals surface area contributed by atoms with E-state index in [1.807, 2.05) is 48.2 Å². The Labute approximate surface area is 138 Å². The summed E-state index contributed by atoms with van der Waals surface area (Å²) in [6.07, 6.45) is 5.64. The first kappa shape index (κ1) is 15.3. The van der Waals surface area contributed by atoms with Gasteiger partial charge in [0.15, 0.2) is 5.16 Å². The van der Waals surface area contributed by atoms with Crippen LogP contribution in [0.15, 0.2) is 60.0 Å². The lowest BCUT2D eigenvalue weighted by Crippen LogP contribution is -2.13. The van der Waals surface area contributed by atoms with Crippen LogP contribution < -0.4 is 5.32 Å². The third-order valence-electron chi connectivity index (χ3n) is 3.33. The normalized spacial score (nSPS) is 10.5. The average Bonchev–Trinajstić information content (AvgIpc) is 3.03. The Bertz CT molecular complexity index is 827. The zero-order valence-corrected chi connectivity index (χ0v) is 13.7. The Morgan fingerprint density at radius 3 is 2.65 bits per heavy atom. The number of nitrogens with zero attached hydrogens (tertiary/aromatic N) is 3. The Morgan fingerprint density at radius 2 is 1.96 bits per heavy atom. The van der Waals surface area contributed by atoms with Gasteiger partial charge in [0.2, 0.25) is 0 Å². The molecule has 0 saturated carbocycles. The van der Waals surface area contributed by atoms with Crippen LogP contribution in [-0.2, 0) is 0 Å². The fourth-order valence-electron chi connectivity index (χ4n) is 2.21. The quantitative estimate of drug-likeness (QED) is 0.746. The van der Waals surface area contributed by atoms with Crippen molar-refractivity contribution >= 4 is 23.5 Å². The smallest absolute Gasteiger partial charge is 0.256 e. The molecule has 5 nitrogen and oxygen atoms in total. The fourth-order valence-corrected chi connectivity index (χ4v) is 2.74. The SMILES string of the molecule is CSc1nccn1-c1ccc(C(=O)Nc2cccc(C)n2)cc1. The van der Waals surface area contributed by atoms with Gasteiger partial charge in [0.25, 0.3) is 5.91 Å². The van der Waals surface area contributed by atoms with Gasteiger partial charge in [-0.25, -0.2) is 9.97 Å². The van der Waals surface area contributed by atoms with Gasteiger partial charge in [0, 0.05) is 29.3 Å². The molecule has 3 aromatic rings. The summed E-state index contributed by atoms with van der Waals surface area (Å²) < 4.78 is 1.98. The number of pyridine rings is 1. The summed E-state index contributed by atoms with van der Waals surface area (Å²) in [5, 5.41) is 3.71. The highest BCUT2D eigenvalue weighted by molar-refractivity contribution is 7.98. The molecule has 0 aliphatic rings. The second-order valence-corrected chi connectivity index (χ2v) is 5.72. The lowest BCUT2D eigenvalue weighted by atomic mass is 10.2. The number of aromatic nitrogens is 3. The van der Waals surface area contributed by atoms with E-state index in [9.17, 15) is 4.79 Å². The third-order valence-corrected chi connectivity index (χ3v) is 3.99. The summed E-state index contributed by atoms with van der Waals surface area (Å²) >= 11 is 1.57. The van der Waals surface area contributed by atoms with Crippen molar-refractivity contribution < 1.29 is 4.79 Å². The molecule has 116 valence electrons. The number of hydrogen-bond donors (Lipinski definition) is 1. The fraction of sp³-hybridized carbons (Fsp3) is 0.118. The van der Waals surface area contributed by atoms with Crippen LogP contribution in [0, 0.1) is 6.92 Å². The predicted molar refractivity (Wildman–Crippen MR) is 92.3 cm³/mol. The number of carbonyl (C=O) groups excluding carboxylic acids is 1. The van der Waals surface area contributed by atoms with E-state index in [1.54, 1.807) is 36.2 Å². The molecule has 0 fully saturated rings. The molecule has 0 atom stereocenters. The number of carbonyl (C=O) groups is 1. The van der Waals surface area contributed by atoms with Crippen LogP contribution in [0.5, 0.6) is 0 Å². The van der Waals surface area contributed by atoms with Gasteiger partial charge in [0.1, 0.15) is 5.82 Å². The van der Waals surface area contributed by atoms with Crippen molar-refractivity contribution in [2.75, 3.05) is 11.6 Å². The molecule has 0 radical (unpaired) electrons. The van der Waals surface area contributed by atoms with Crippen molar-refractivity contribution in [3.05, 3.63) is 66.1 Å². The van der Waals surface area contributed by atoms with Gasteiger partial charge >= 0.3 is 0 Å². The zero-order chi connectivity index (χ0) is 16.2. The Morgan fingerprint density at radius 1 is 1.17 bits per heavy atom. The van der Waals surface area contributed by atoms with Crippen LogP contribution in [0.1, 0.15) is 16.1 Å². The van der Waals surface area contributed by atoms with E-state index in [0.717, 1.165) is 16.5 Å². The number of hydrogen-bond acceptors (Lipinski definition) is 4. The van der Waals surface area contributed by atoms with E-state index in [1.165, 1.54) is 0 Å². The van der Waals surface area contributed by atoms with E-state index in [0.29, 0.717) is 11.4 Å². The van der Waals surface area contributed by atoms with Crippen LogP contribution in [0.25, 0.3) is 5.69 Å². The van der Waals surface area contributed by atoms with Crippen molar-refractivity contribution in [2.24, 2.45) is 0 Å². The highest BCUT2D eigenvalue weighted by atomic mass is 32.2. The van der Waals surface area contributed by atoms with E-state index in [-0.39, 0.29) is 5.91 Å². The largest absolute Gasteiger partial charge is 0.307 e. The average molecular weight is 324 g/mol. The molecule has 0 aliphatic heterocycles. The summed E-state index contributed by atoms with van der Waals surface area (Å²) in [6, 6.07) is 12.9. The van der Waals surface area contributed by atoms with Crippen LogP contribution >= 0.6 is 11.8 Å². The van der Waals surface area contributed by atoms with E-state index in [4.69, 9.17) is 0 Å². The first-order valence-electron chi connectivity index (χ1n) is 7.10. The molecule has 2 heterocycles. The van der Waals surface area contributed by atoms with Crippen molar-refractivity contribution in [1.29, 1.82) is 0 Å². The molecule has 0 saturated heterocycles. The molecular formula is C17H16N4OS. The van der Waals surface area contributed by atoms with Gasteiger partial charge in [-0.1, -0.05) is 17.8 Å². The molecule has 6 heteroatoms. The molecule has 1 N–H and O–H groups in total. The monoisotopic (exact) mass is 324 g/mol. The maximum atomic E-state index is 12.3. The summed E-state index contributed by atoms with van der Waals surface area (Å²) in [7, 11) is 0. The number of thioether (sulfide) groups is 1. The molecule has 1 amide bonds. The Balaban J connectivity index is 1.78. The second-order valence-electron chi connectivity index (χ2n) is 4.95. The van der Waals surface area contributed by atoms with Crippen LogP contribution in [0.3, 0.4) is 0 Å². The summed E-state index contributed by atoms with van der Waals surface area (Å²) in [5.41, 5.74) is 2.42. The van der Waals surface area contributed by atoms with Gasteiger partial charge in [-0.3, -0.25) is 9.36 Å². The second kappa shape index (κ2) is 6.66. The summed E-state index contributed by atoms with van der Waals surface area (Å²) in [5.74, 6) is 0.378. The molecular weight excluding hydrogens is 308 g/mol. The minimum atomic E-state index is -0.176. The molecule has 2 aromatic heterocycles. The van der Waals surface area contributed by atoms with E-state index < -0.39 is 0 Å². The minimum Gasteiger partial charge on any atom is -0.307 e. The molecule has 0 unspecified atom stereocenters. The number of nitrogens with one attached hydrogen (secondary N) is 1. The van der Waals surface area contributed by atoms with Gasteiger partial charge in [0.05, 0.1) is 0 Å². The molecule has 0 spiro atoms. The molecule has 23 heavy (non-hydrogen) atoms. The number of imidazole rings is 1. The van der Waals surface area contributed by atoms with Crippen molar-refractivity contribution in [1.82, 2.24) is 14.5 Å². The first-order valence-corrected chi connectivity index (χ1v) is 8.32. The lowest BCUT2D eigenvalue weighted by molar-refractivity contribution is 0.102. The number of aryl methyl sites for hydroxylation is 1. The summed E-state index contributed by atoms with van der Waals surface area (Å²) in [6.45, 7) is 1.89. The molecule has 0 bridgehead atoms. The minimum absolute atomic E-state index is 0.176. The van der Waals surface area contributed by atoms with Gasteiger partial charge in [-0.05, 0) is 49.6 Å². The topological polar surface area (TPSA) is 59.8 Å². The van der Waals surface area contributed by atoms with Crippen molar-refractivity contribution in [3.8, 4) is 5.69 Å². The number of benzene rings is 1. The van der Waals surface area contributed by atoms with Crippen LogP contribution in [0.4, 0.5) is 5.82 Å². The maximum absolute atomic E-state index is 12.3. The highest BCUT2D eigenvalue weighted by Gasteiger charge is 2.08. The first-order chi connectivity index (χ1) is 11.2. The van der Waals surface area contributed by atoms with Gasteiger partial charge < -0.3 is 5.32 Å². The van der Waals surface area contributed by atoms with Crippen LogP contribution in [-0.4, -0.2) is 26.7 Å². The molecule has 3 rings (SSSR count). The molecule has 1 aromatic carbocycles. The van der Waals surface area contributed by atoms with Crippen molar-refractivity contribution in [3.63, 3.8) is 0 Å². The van der Waals surface area contributed by atoms with E-state index >= 15 is 0 Å². The Kier molecular flexibility index (Phi) is 4.43. The number of amides is 1. The predicted octanol–water partition coefficient (Wildman–Crippen LogP) is 3.55. The van der Waals surface area contributed by atoms with Crippen molar-refractivity contribution in [2.45, 2.75) is 12.1 Å².